The van der Waals surface area contributed by atoms with Crippen LogP contribution in [-0.4, -0.2) is 26.3 Å². The molecule has 2 N–H and O–H groups in total. The first kappa shape index (κ1) is 18.7. The maximum absolute atomic E-state index is 9.38. The van der Waals surface area contributed by atoms with Crippen LogP contribution in [0.3, 0.4) is 0 Å². The third-order valence-corrected chi connectivity index (χ3v) is 6.25. The number of pyridine rings is 2. The molecule has 8 nitrogen and oxygen atoms in total. The summed E-state index contributed by atoms with van der Waals surface area (Å²) in [5.74, 6) is 0.337. The van der Waals surface area contributed by atoms with E-state index < -0.39 is 0 Å². The molecule has 5 rings (SSSR count). The molecule has 0 amide bonds. The molecule has 1 aliphatic carbocycles. The van der Waals surface area contributed by atoms with Gasteiger partial charge < -0.3 is 0 Å². The van der Waals surface area contributed by atoms with Crippen molar-refractivity contribution in [3.05, 3.63) is 42.4 Å². The monoisotopic (exact) mass is 398 g/mol. The number of aromatic nitrogens is 4. The molecule has 0 spiro atoms. The van der Waals surface area contributed by atoms with E-state index in [-0.39, 0.29) is 11.6 Å². The van der Waals surface area contributed by atoms with E-state index in [2.05, 4.69) is 28.0 Å². The summed E-state index contributed by atoms with van der Waals surface area (Å²) < 4.78 is 1.92. The maximum atomic E-state index is 9.38. The van der Waals surface area contributed by atoms with Crippen molar-refractivity contribution < 1.29 is 0 Å². The second-order valence-electron chi connectivity index (χ2n) is 8.22. The van der Waals surface area contributed by atoms with Gasteiger partial charge in [-0.05, 0) is 49.4 Å². The fourth-order valence-corrected chi connectivity index (χ4v) is 4.74. The zero-order valence-corrected chi connectivity index (χ0v) is 16.5. The molecule has 4 heterocycles. The van der Waals surface area contributed by atoms with Gasteiger partial charge in [0.25, 0.3) is 0 Å². The van der Waals surface area contributed by atoms with Crippen molar-refractivity contribution in [3.8, 4) is 23.5 Å². The minimum absolute atomic E-state index is 0.139. The van der Waals surface area contributed by atoms with Crippen LogP contribution in [0.5, 0.6) is 0 Å². The second-order valence-corrected chi connectivity index (χ2v) is 8.22. The highest BCUT2D eigenvalue weighted by atomic mass is 15.4. The first-order chi connectivity index (χ1) is 14.7. The molecule has 150 valence electrons. The largest absolute Gasteiger partial charge is 0.265 e. The molecule has 2 fully saturated rings. The van der Waals surface area contributed by atoms with Crippen molar-refractivity contribution >= 4 is 10.9 Å². The van der Waals surface area contributed by atoms with Crippen LogP contribution in [0.2, 0.25) is 0 Å². The zero-order chi connectivity index (χ0) is 20.6. The Balaban J connectivity index is 1.54. The van der Waals surface area contributed by atoms with Crippen LogP contribution in [-0.2, 0) is 5.54 Å². The summed E-state index contributed by atoms with van der Waals surface area (Å²) in [6.07, 6.45) is 7.24. The predicted octanol–water partition coefficient (Wildman–Crippen LogP) is 2.96. The van der Waals surface area contributed by atoms with Crippen LogP contribution in [0, 0.1) is 28.6 Å². The molecular weight excluding hydrogens is 376 g/mol. The Hall–Kier alpha value is -3.33. The lowest BCUT2D eigenvalue weighted by Gasteiger charge is -2.46. The SMILES string of the molecule is N#CCC1CC(CC#N)(n2ccc(-c3nc(C4CCNN4)cc4ncccc34)n2)C1. The number of hydrogen-bond donors (Lipinski definition) is 2. The summed E-state index contributed by atoms with van der Waals surface area (Å²) in [6, 6.07) is 12.6. The summed E-state index contributed by atoms with van der Waals surface area (Å²) in [5, 5.41) is 24.2. The Morgan fingerprint density at radius 3 is 2.90 bits per heavy atom. The number of fused-ring (bicyclic) bond motifs is 1. The quantitative estimate of drug-likeness (QED) is 0.679. The molecule has 0 aromatic carbocycles. The van der Waals surface area contributed by atoms with Crippen LogP contribution in [0.15, 0.2) is 36.7 Å². The number of hydrazine groups is 1. The summed E-state index contributed by atoms with van der Waals surface area (Å²) in [4.78, 5) is 9.50. The van der Waals surface area contributed by atoms with Gasteiger partial charge in [0, 0.05) is 30.7 Å². The first-order valence-corrected chi connectivity index (χ1v) is 10.3. The molecule has 3 aromatic heterocycles. The highest BCUT2D eigenvalue weighted by Gasteiger charge is 2.46. The summed E-state index contributed by atoms with van der Waals surface area (Å²) >= 11 is 0. The van der Waals surface area contributed by atoms with Crippen molar-refractivity contribution in [2.45, 2.75) is 43.7 Å². The third kappa shape index (κ3) is 3.11. The molecule has 3 aromatic rings. The second kappa shape index (κ2) is 7.49. The molecule has 8 heteroatoms. The normalized spacial score (nSPS) is 25.5. The standard InChI is InChI=1S/C22H22N8/c23-7-3-15-13-22(14-15,6-8-24)30-11-5-18(29-30)21-16-2-1-9-25-19(16)12-20(27-21)17-4-10-26-28-17/h1-2,5,9,11-12,15,17,26,28H,3-4,6,10,13-14H2. The molecule has 1 atom stereocenters. The van der Waals surface area contributed by atoms with E-state index in [0.29, 0.717) is 18.8 Å². The van der Waals surface area contributed by atoms with Gasteiger partial charge in [0.05, 0.1) is 41.4 Å². The highest BCUT2D eigenvalue weighted by Crippen LogP contribution is 2.47. The van der Waals surface area contributed by atoms with Crippen LogP contribution >= 0.6 is 0 Å². The van der Waals surface area contributed by atoms with Crippen molar-refractivity contribution in [3.63, 3.8) is 0 Å². The number of nitrogens with zero attached hydrogens (tertiary/aromatic N) is 6. The summed E-state index contributed by atoms with van der Waals surface area (Å²) in [5.41, 5.74) is 9.54. The van der Waals surface area contributed by atoms with Gasteiger partial charge in [0.2, 0.25) is 0 Å². The topological polar surface area (TPSA) is 115 Å². The van der Waals surface area contributed by atoms with Crippen LogP contribution in [0.25, 0.3) is 22.3 Å². The maximum Gasteiger partial charge on any atom is 0.111 e. The number of rotatable bonds is 5. The number of nitriles is 2. The van der Waals surface area contributed by atoms with Crippen molar-refractivity contribution in [2.75, 3.05) is 6.54 Å². The van der Waals surface area contributed by atoms with Gasteiger partial charge in [-0.2, -0.15) is 15.6 Å². The molecule has 1 aliphatic heterocycles. The lowest BCUT2D eigenvalue weighted by Crippen LogP contribution is -2.46. The Labute approximate surface area is 174 Å². The molecule has 1 saturated carbocycles. The fraction of sp³-hybridized carbons (Fsp3) is 0.409. The van der Waals surface area contributed by atoms with Gasteiger partial charge in [-0.3, -0.25) is 15.1 Å². The van der Waals surface area contributed by atoms with Gasteiger partial charge in [0.1, 0.15) is 11.4 Å². The van der Waals surface area contributed by atoms with Gasteiger partial charge in [0.15, 0.2) is 0 Å². The predicted molar refractivity (Wildman–Crippen MR) is 110 cm³/mol. The van der Waals surface area contributed by atoms with Gasteiger partial charge in [-0.1, -0.05) is 0 Å². The van der Waals surface area contributed by atoms with E-state index >= 15 is 0 Å². The van der Waals surface area contributed by atoms with Crippen molar-refractivity contribution in [2.24, 2.45) is 5.92 Å². The number of nitrogens with one attached hydrogen (secondary N) is 2. The summed E-state index contributed by atoms with van der Waals surface area (Å²) in [6.45, 7) is 0.900. The molecule has 1 saturated heterocycles. The molecule has 30 heavy (non-hydrogen) atoms. The Kier molecular flexibility index (Phi) is 4.66. The fourth-order valence-electron chi connectivity index (χ4n) is 4.74. The molecular formula is C22H22N8. The number of hydrogen-bond acceptors (Lipinski definition) is 7. The van der Waals surface area contributed by atoms with E-state index in [9.17, 15) is 5.26 Å². The van der Waals surface area contributed by atoms with Gasteiger partial charge in [-0.15, -0.1) is 0 Å². The van der Waals surface area contributed by atoms with E-state index in [1.54, 1.807) is 6.20 Å². The van der Waals surface area contributed by atoms with E-state index in [1.807, 2.05) is 35.1 Å². The Morgan fingerprint density at radius 1 is 1.23 bits per heavy atom. The molecule has 0 radical (unpaired) electrons. The van der Waals surface area contributed by atoms with Gasteiger partial charge >= 0.3 is 0 Å². The first-order valence-electron chi connectivity index (χ1n) is 10.3. The van der Waals surface area contributed by atoms with E-state index in [0.717, 1.165) is 53.8 Å². The van der Waals surface area contributed by atoms with Crippen molar-refractivity contribution in [1.29, 1.82) is 10.5 Å². The highest BCUT2D eigenvalue weighted by molar-refractivity contribution is 5.91. The smallest absolute Gasteiger partial charge is 0.111 e. The molecule has 2 aliphatic rings. The van der Waals surface area contributed by atoms with Crippen molar-refractivity contribution in [1.82, 2.24) is 30.6 Å². The third-order valence-electron chi connectivity index (χ3n) is 6.25. The minimum Gasteiger partial charge on any atom is -0.265 e. The zero-order valence-electron chi connectivity index (χ0n) is 16.5. The van der Waals surface area contributed by atoms with E-state index in [1.165, 1.54) is 0 Å². The molecule has 0 bridgehead atoms. The van der Waals surface area contributed by atoms with Crippen LogP contribution in [0.1, 0.15) is 43.8 Å². The average molecular weight is 398 g/mol. The van der Waals surface area contributed by atoms with Crippen LogP contribution < -0.4 is 10.9 Å². The summed E-state index contributed by atoms with van der Waals surface area (Å²) in [7, 11) is 0. The van der Waals surface area contributed by atoms with Crippen LogP contribution in [0.4, 0.5) is 0 Å². The lowest BCUT2D eigenvalue weighted by atomic mass is 9.66. The van der Waals surface area contributed by atoms with Gasteiger partial charge in [-0.25, -0.2) is 10.4 Å². The average Bonchev–Trinajstić information content (AvgIpc) is 3.44. The Bertz CT molecular complexity index is 1160. The lowest BCUT2D eigenvalue weighted by molar-refractivity contribution is 0.0601. The minimum atomic E-state index is -0.322. The Morgan fingerprint density at radius 2 is 2.13 bits per heavy atom. The molecule has 1 unspecified atom stereocenters. The van der Waals surface area contributed by atoms with E-state index in [4.69, 9.17) is 15.3 Å².